The van der Waals surface area contributed by atoms with Gasteiger partial charge in [0.1, 0.15) is 0 Å². The molecule has 0 radical (unpaired) electrons. The second-order valence-electron chi connectivity index (χ2n) is 6.27. The first kappa shape index (κ1) is 19.5. The maximum atomic E-state index is 11.1. The number of nitrogens with zero attached hydrogens (tertiary/aromatic N) is 2. The minimum atomic E-state index is -0.126. The van der Waals surface area contributed by atoms with Gasteiger partial charge in [-0.3, -0.25) is 9.78 Å². The lowest BCUT2D eigenvalue weighted by Crippen LogP contribution is -2.24. The van der Waals surface area contributed by atoms with Crippen molar-refractivity contribution < 1.29 is 9.90 Å². The SMILES string of the molecule is CC(=O)NCCn1cc2nc(C)c(CN)c(-c3ccc(Cl)cc3Cl)c2c1O. The number of carbonyl (C=O) groups excluding carboxylic acids is 1. The third-order valence-electron chi connectivity index (χ3n) is 4.44. The lowest BCUT2D eigenvalue weighted by atomic mass is 9.95. The van der Waals surface area contributed by atoms with Crippen LogP contribution in [0.2, 0.25) is 10.0 Å². The number of pyridine rings is 1. The van der Waals surface area contributed by atoms with Crippen LogP contribution < -0.4 is 11.1 Å². The maximum absolute atomic E-state index is 11.1. The number of amides is 1. The molecule has 0 unspecified atom stereocenters. The molecular weight excluding hydrogens is 387 g/mol. The first-order valence-corrected chi connectivity index (χ1v) is 9.20. The summed E-state index contributed by atoms with van der Waals surface area (Å²) < 4.78 is 1.65. The lowest BCUT2D eigenvalue weighted by molar-refractivity contribution is -0.118. The van der Waals surface area contributed by atoms with Gasteiger partial charge in [0.2, 0.25) is 11.8 Å². The molecule has 0 spiro atoms. The van der Waals surface area contributed by atoms with Gasteiger partial charge in [0.15, 0.2) is 0 Å². The Morgan fingerprint density at radius 1 is 1.37 bits per heavy atom. The predicted octanol–water partition coefficient (Wildman–Crippen LogP) is 3.62. The zero-order chi connectivity index (χ0) is 19.7. The molecule has 2 aromatic heterocycles. The van der Waals surface area contributed by atoms with Gasteiger partial charge < -0.3 is 20.7 Å². The third kappa shape index (κ3) is 3.74. The van der Waals surface area contributed by atoms with Crippen LogP contribution in [0.4, 0.5) is 0 Å². The highest BCUT2D eigenvalue weighted by atomic mass is 35.5. The molecule has 0 aliphatic rings. The van der Waals surface area contributed by atoms with Crippen LogP contribution in [0.1, 0.15) is 18.2 Å². The van der Waals surface area contributed by atoms with Crippen molar-refractivity contribution in [2.75, 3.05) is 6.54 Å². The minimum Gasteiger partial charge on any atom is -0.494 e. The first-order valence-electron chi connectivity index (χ1n) is 8.44. The molecule has 6 nitrogen and oxygen atoms in total. The average Bonchev–Trinajstić information content (AvgIpc) is 2.89. The summed E-state index contributed by atoms with van der Waals surface area (Å²) in [6.07, 6.45) is 1.76. The smallest absolute Gasteiger partial charge is 0.216 e. The van der Waals surface area contributed by atoms with E-state index in [1.807, 2.05) is 13.0 Å². The fourth-order valence-corrected chi connectivity index (χ4v) is 3.70. The molecule has 1 amide bonds. The third-order valence-corrected chi connectivity index (χ3v) is 4.99. The van der Waals surface area contributed by atoms with Crippen LogP contribution in [0.25, 0.3) is 22.0 Å². The van der Waals surface area contributed by atoms with E-state index in [-0.39, 0.29) is 18.3 Å². The van der Waals surface area contributed by atoms with Crippen molar-refractivity contribution in [3.8, 4) is 17.0 Å². The van der Waals surface area contributed by atoms with Crippen molar-refractivity contribution in [1.82, 2.24) is 14.9 Å². The Morgan fingerprint density at radius 2 is 2.11 bits per heavy atom. The number of carbonyl (C=O) groups is 1. The summed E-state index contributed by atoms with van der Waals surface area (Å²) in [5, 5.41) is 15.1. The molecule has 142 valence electrons. The van der Waals surface area contributed by atoms with Gasteiger partial charge in [-0.25, -0.2) is 0 Å². The number of hydrogen-bond donors (Lipinski definition) is 3. The highest BCUT2D eigenvalue weighted by molar-refractivity contribution is 6.36. The number of fused-ring (bicyclic) bond motifs is 1. The molecule has 27 heavy (non-hydrogen) atoms. The molecule has 0 aliphatic heterocycles. The van der Waals surface area contributed by atoms with E-state index in [9.17, 15) is 9.90 Å². The lowest BCUT2D eigenvalue weighted by Gasteiger charge is -2.14. The molecular formula is C19H20Cl2N4O2. The summed E-state index contributed by atoms with van der Waals surface area (Å²) in [6.45, 7) is 4.38. The van der Waals surface area contributed by atoms with Crippen molar-refractivity contribution in [2.24, 2.45) is 5.73 Å². The molecule has 0 fully saturated rings. The van der Waals surface area contributed by atoms with Gasteiger partial charge in [-0.15, -0.1) is 0 Å². The summed E-state index contributed by atoms with van der Waals surface area (Å²) in [7, 11) is 0. The van der Waals surface area contributed by atoms with E-state index in [1.54, 1.807) is 22.9 Å². The van der Waals surface area contributed by atoms with Gasteiger partial charge in [-0.1, -0.05) is 29.3 Å². The fourth-order valence-electron chi connectivity index (χ4n) is 3.20. The highest BCUT2D eigenvalue weighted by Crippen LogP contribution is 2.42. The summed E-state index contributed by atoms with van der Waals surface area (Å²) in [5.74, 6) is -0.0715. The van der Waals surface area contributed by atoms with Crippen LogP contribution in [0.15, 0.2) is 24.4 Å². The van der Waals surface area contributed by atoms with Gasteiger partial charge in [-0.05, 0) is 24.6 Å². The number of rotatable bonds is 5. The standard InChI is InChI=1S/C19H20Cl2N4O2/c1-10-14(8-22)17(13-4-3-12(20)7-15(13)21)18-16(24-10)9-25(19(18)27)6-5-23-11(2)26/h3-4,7,9,27H,5-6,8,22H2,1-2H3,(H,23,26). The second-order valence-corrected chi connectivity index (χ2v) is 7.11. The maximum Gasteiger partial charge on any atom is 0.216 e. The zero-order valence-corrected chi connectivity index (χ0v) is 16.5. The number of aromatic nitrogens is 2. The molecule has 4 N–H and O–H groups in total. The van der Waals surface area contributed by atoms with Crippen molar-refractivity contribution in [3.63, 3.8) is 0 Å². The molecule has 3 aromatic rings. The summed E-state index contributed by atoms with van der Waals surface area (Å²) in [4.78, 5) is 15.7. The van der Waals surface area contributed by atoms with Crippen LogP contribution in [0.5, 0.6) is 5.88 Å². The number of aromatic hydroxyl groups is 1. The van der Waals surface area contributed by atoms with E-state index >= 15 is 0 Å². The van der Waals surface area contributed by atoms with E-state index in [2.05, 4.69) is 10.3 Å². The Labute approximate surface area is 166 Å². The van der Waals surface area contributed by atoms with Crippen molar-refractivity contribution in [2.45, 2.75) is 26.9 Å². The van der Waals surface area contributed by atoms with Gasteiger partial charge in [0, 0.05) is 59.6 Å². The molecule has 3 rings (SSSR count). The van der Waals surface area contributed by atoms with Gasteiger partial charge in [-0.2, -0.15) is 0 Å². The molecule has 0 bridgehead atoms. The predicted molar refractivity (Wildman–Crippen MR) is 108 cm³/mol. The number of nitrogens with one attached hydrogen (secondary N) is 1. The first-order chi connectivity index (χ1) is 12.8. The molecule has 0 saturated heterocycles. The molecule has 0 aliphatic carbocycles. The highest BCUT2D eigenvalue weighted by Gasteiger charge is 2.21. The molecule has 1 aromatic carbocycles. The number of hydrogen-bond acceptors (Lipinski definition) is 4. The fraction of sp³-hybridized carbons (Fsp3) is 0.263. The van der Waals surface area contributed by atoms with E-state index < -0.39 is 0 Å². The van der Waals surface area contributed by atoms with Gasteiger partial charge in [0.25, 0.3) is 0 Å². The Morgan fingerprint density at radius 3 is 2.74 bits per heavy atom. The normalized spacial score (nSPS) is 11.1. The number of aryl methyl sites for hydroxylation is 1. The van der Waals surface area contributed by atoms with Gasteiger partial charge >= 0.3 is 0 Å². The Kier molecular flexibility index (Phi) is 5.60. The Bertz CT molecular complexity index is 1030. The minimum absolute atomic E-state index is 0.0542. The van der Waals surface area contributed by atoms with Crippen LogP contribution in [0.3, 0.4) is 0 Å². The molecule has 2 heterocycles. The largest absolute Gasteiger partial charge is 0.494 e. The van der Waals surface area contributed by atoms with E-state index in [4.69, 9.17) is 28.9 Å². The van der Waals surface area contributed by atoms with Gasteiger partial charge in [0.05, 0.1) is 10.9 Å². The average molecular weight is 407 g/mol. The zero-order valence-electron chi connectivity index (χ0n) is 15.0. The monoisotopic (exact) mass is 406 g/mol. The second kappa shape index (κ2) is 7.76. The van der Waals surface area contributed by atoms with Crippen LogP contribution in [-0.2, 0) is 17.9 Å². The van der Waals surface area contributed by atoms with Crippen molar-refractivity contribution in [3.05, 3.63) is 45.7 Å². The molecule has 8 heteroatoms. The van der Waals surface area contributed by atoms with E-state index in [1.165, 1.54) is 6.92 Å². The summed E-state index contributed by atoms with van der Waals surface area (Å²) in [5.41, 5.74) is 9.67. The van der Waals surface area contributed by atoms with E-state index in [0.29, 0.717) is 34.0 Å². The van der Waals surface area contributed by atoms with Crippen LogP contribution in [0, 0.1) is 6.92 Å². The summed E-state index contributed by atoms with van der Waals surface area (Å²) >= 11 is 12.5. The Balaban J connectivity index is 2.23. The van der Waals surface area contributed by atoms with Crippen molar-refractivity contribution >= 4 is 40.0 Å². The van der Waals surface area contributed by atoms with Crippen molar-refractivity contribution in [1.29, 1.82) is 0 Å². The molecule has 0 atom stereocenters. The van der Waals surface area contributed by atoms with E-state index in [0.717, 1.165) is 22.4 Å². The number of halogens is 2. The number of benzene rings is 1. The number of nitrogens with two attached hydrogens (primary N) is 1. The van der Waals surface area contributed by atoms with Crippen LogP contribution >= 0.6 is 23.2 Å². The van der Waals surface area contributed by atoms with Crippen LogP contribution in [-0.4, -0.2) is 27.1 Å². The topological polar surface area (TPSA) is 93.2 Å². The quantitative estimate of drug-likeness (QED) is 0.602. The summed E-state index contributed by atoms with van der Waals surface area (Å²) in [6, 6.07) is 5.22. The molecule has 0 saturated carbocycles. The Hall–Kier alpha value is -2.28.